The molecule has 1 saturated heterocycles. The first-order valence-electron chi connectivity index (χ1n) is 11.8. The fourth-order valence-electron chi connectivity index (χ4n) is 4.07. The van der Waals surface area contributed by atoms with Crippen LogP contribution in [0.2, 0.25) is 0 Å². The Morgan fingerprint density at radius 2 is 2.03 bits per heavy atom. The summed E-state index contributed by atoms with van der Waals surface area (Å²) in [7, 11) is 0. The Morgan fingerprint density at radius 3 is 2.81 bits per heavy atom. The number of hydrogen-bond donors (Lipinski definition) is 2. The highest BCUT2D eigenvalue weighted by atomic mass is 15.2. The highest BCUT2D eigenvalue weighted by molar-refractivity contribution is 5.59. The number of rotatable bonds is 10. The van der Waals surface area contributed by atoms with Crippen LogP contribution in [0.1, 0.15) is 69.2 Å². The summed E-state index contributed by atoms with van der Waals surface area (Å²) in [5.41, 5.74) is 3.54. The highest BCUT2D eigenvalue weighted by Crippen LogP contribution is 2.23. The Morgan fingerprint density at radius 1 is 1.16 bits per heavy atom. The number of piperidine rings is 1. The lowest BCUT2D eigenvalue weighted by molar-refractivity contribution is 0.416. The summed E-state index contributed by atoms with van der Waals surface area (Å²) in [5.74, 6) is 1.60. The van der Waals surface area contributed by atoms with E-state index in [-0.39, 0.29) is 0 Å². The lowest BCUT2D eigenvalue weighted by atomic mass is 10.1. The number of benzene rings is 1. The normalized spacial score (nSPS) is 16.2. The highest BCUT2D eigenvalue weighted by Gasteiger charge is 2.21. The molecule has 6 heteroatoms. The molecule has 1 aliphatic rings. The van der Waals surface area contributed by atoms with E-state index in [2.05, 4.69) is 41.5 Å². The van der Waals surface area contributed by atoms with E-state index in [0.717, 1.165) is 55.2 Å². The first kappa shape index (κ1) is 23.0. The second kappa shape index (κ2) is 11.7. The monoisotopic (exact) mass is 420 g/mol. The molecule has 0 unspecified atom stereocenters. The summed E-state index contributed by atoms with van der Waals surface area (Å²) < 4.78 is 0. The molecule has 31 heavy (non-hydrogen) atoms. The van der Waals surface area contributed by atoms with Gasteiger partial charge in [0.25, 0.3) is 0 Å². The molecule has 0 radical (unpaired) electrons. The van der Waals surface area contributed by atoms with Crippen molar-refractivity contribution in [2.45, 2.75) is 71.8 Å². The van der Waals surface area contributed by atoms with Gasteiger partial charge in [0.15, 0.2) is 0 Å². The van der Waals surface area contributed by atoms with Crippen LogP contribution in [0.4, 0.5) is 17.5 Å². The van der Waals surface area contributed by atoms with Crippen LogP contribution in [-0.4, -0.2) is 35.6 Å². The van der Waals surface area contributed by atoms with Crippen molar-refractivity contribution >= 4 is 17.5 Å². The number of nitrogens with zero attached hydrogens (tertiary/aromatic N) is 4. The Bertz CT molecular complexity index is 888. The second-order valence-corrected chi connectivity index (χ2v) is 8.50. The predicted octanol–water partition coefficient (Wildman–Crippen LogP) is 5.10. The van der Waals surface area contributed by atoms with Crippen molar-refractivity contribution in [2.75, 3.05) is 29.9 Å². The average molecular weight is 421 g/mol. The van der Waals surface area contributed by atoms with Crippen LogP contribution in [-0.2, 0) is 6.42 Å². The second-order valence-electron chi connectivity index (χ2n) is 8.50. The zero-order valence-electron chi connectivity index (χ0n) is 19.2. The fourth-order valence-corrected chi connectivity index (χ4v) is 4.07. The van der Waals surface area contributed by atoms with Crippen molar-refractivity contribution in [3.63, 3.8) is 0 Å². The molecule has 0 spiro atoms. The van der Waals surface area contributed by atoms with E-state index in [1.165, 1.54) is 32.1 Å². The molecular formula is C25H36N6. The summed E-state index contributed by atoms with van der Waals surface area (Å²) >= 11 is 0. The van der Waals surface area contributed by atoms with E-state index in [1.54, 1.807) is 0 Å². The maximum atomic E-state index is 9.33. The molecule has 3 rings (SSSR count). The number of nitrogens with one attached hydrogen (secondary N) is 2. The van der Waals surface area contributed by atoms with Gasteiger partial charge in [-0.15, -0.1) is 0 Å². The van der Waals surface area contributed by atoms with Crippen LogP contribution in [0.3, 0.4) is 0 Å². The van der Waals surface area contributed by atoms with Crippen LogP contribution in [0.15, 0.2) is 24.3 Å². The predicted molar refractivity (Wildman–Crippen MR) is 128 cm³/mol. The largest absolute Gasteiger partial charge is 0.355 e. The van der Waals surface area contributed by atoms with Gasteiger partial charge in [0.05, 0.1) is 11.6 Å². The molecule has 0 bridgehead atoms. The topological polar surface area (TPSA) is 76.9 Å². The Kier molecular flexibility index (Phi) is 8.66. The molecule has 2 aromatic rings. The van der Waals surface area contributed by atoms with Gasteiger partial charge in [-0.3, -0.25) is 0 Å². The Balaban J connectivity index is 1.75. The van der Waals surface area contributed by atoms with Gasteiger partial charge in [0.1, 0.15) is 5.82 Å². The Hall–Kier alpha value is -2.65. The zero-order chi connectivity index (χ0) is 22.1. The van der Waals surface area contributed by atoms with Crippen molar-refractivity contribution in [3.8, 4) is 6.07 Å². The maximum absolute atomic E-state index is 9.33. The van der Waals surface area contributed by atoms with Gasteiger partial charge < -0.3 is 15.5 Å². The van der Waals surface area contributed by atoms with Crippen molar-refractivity contribution in [1.29, 1.82) is 5.26 Å². The molecule has 0 aliphatic carbocycles. The summed E-state index contributed by atoms with van der Waals surface area (Å²) in [6.07, 6.45) is 8.15. The van der Waals surface area contributed by atoms with Gasteiger partial charge in [-0.2, -0.15) is 10.2 Å². The molecule has 0 amide bonds. The van der Waals surface area contributed by atoms with Crippen molar-refractivity contribution in [2.24, 2.45) is 0 Å². The third kappa shape index (κ3) is 6.67. The molecule has 166 valence electrons. The molecule has 2 N–H and O–H groups in total. The SMILES string of the molecule is CCCCCN[C@H]1CCCN(c2cc(CCC)nc(Nc3ccc(C)c(C#N)c3)n2)C1. The van der Waals surface area contributed by atoms with E-state index in [1.807, 2.05) is 25.1 Å². The van der Waals surface area contributed by atoms with E-state index >= 15 is 0 Å². The number of aromatic nitrogens is 2. The van der Waals surface area contributed by atoms with Crippen molar-refractivity contribution < 1.29 is 0 Å². The van der Waals surface area contributed by atoms with Crippen LogP contribution in [0.5, 0.6) is 0 Å². The standard InChI is InChI=1S/C25H36N6/c1-4-6-7-13-27-23-10-8-14-31(18-23)24-16-21(9-5-2)28-25(30-24)29-22-12-11-19(3)20(15-22)17-26/h11-12,15-16,23,27H,4-10,13-14,18H2,1-3H3,(H,28,29,30)/t23-/m0/s1. The molecular weight excluding hydrogens is 384 g/mol. The molecule has 1 fully saturated rings. The van der Waals surface area contributed by atoms with Crippen LogP contribution in [0.25, 0.3) is 0 Å². The van der Waals surface area contributed by atoms with E-state index in [0.29, 0.717) is 17.6 Å². The minimum atomic E-state index is 0.516. The quantitative estimate of drug-likeness (QED) is 0.521. The first-order chi connectivity index (χ1) is 15.1. The number of aryl methyl sites for hydroxylation is 2. The van der Waals surface area contributed by atoms with E-state index in [4.69, 9.17) is 9.97 Å². The number of nitriles is 1. The van der Waals surface area contributed by atoms with Gasteiger partial charge >= 0.3 is 0 Å². The van der Waals surface area contributed by atoms with Gasteiger partial charge in [-0.1, -0.05) is 39.2 Å². The molecule has 0 saturated carbocycles. The molecule has 1 aromatic carbocycles. The summed E-state index contributed by atoms with van der Waals surface area (Å²) in [5, 5.41) is 16.4. The van der Waals surface area contributed by atoms with Crippen molar-refractivity contribution in [1.82, 2.24) is 15.3 Å². The average Bonchev–Trinajstić information content (AvgIpc) is 2.78. The van der Waals surface area contributed by atoms with Crippen LogP contribution in [0, 0.1) is 18.3 Å². The van der Waals surface area contributed by atoms with Gasteiger partial charge in [-0.05, 0) is 56.8 Å². The van der Waals surface area contributed by atoms with E-state index < -0.39 is 0 Å². The smallest absolute Gasteiger partial charge is 0.229 e. The lowest BCUT2D eigenvalue weighted by Gasteiger charge is -2.34. The Labute approximate surface area is 187 Å². The van der Waals surface area contributed by atoms with E-state index in [9.17, 15) is 5.26 Å². The molecule has 2 heterocycles. The number of unbranched alkanes of at least 4 members (excludes halogenated alkanes) is 2. The third-order valence-electron chi connectivity index (χ3n) is 5.84. The summed E-state index contributed by atoms with van der Waals surface area (Å²) in [4.78, 5) is 12.0. The number of anilines is 3. The van der Waals surface area contributed by atoms with Crippen molar-refractivity contribution in [3.05, 3.63) is 41.1 Å². The molecule has 1 atom stereocenters. The van der Waals surface area contributed by atoms with Crippen LogP contribution < -0.4 is 15.5 Å². The molecule has 1 aromatic heterocycles. The minimum Gasteiger partial charge on any atom is -0.355 e. The van der Waals surface area contributed by atoms with Gasteiger partial charge in [0.2, 0.25) is 5.95 Å². The van der Waals surface area contributed by atoms with Gasteiger partial charge in [-0.25, -0.2) is 4.98 Å². The molecule has 6 nitrogen and oxygen atoms in total. The molecule has 1 aliphatic heterocycles. The number of hydrogen-bond acceptors (Lipinski definition) is 6. The fraction of sp³-hybridized carbons (Fsp3) is 0.560. The minimum absolute atomic E-state index is 0.516. The summed E-state index contributed by atoms with van der Waals surface area (Å²) in [6, 6.07) is 10.7. The van der Waals surface area contributed by atoms with Crippen LogP contribution >= 0.6 is 0 Å². The summed E-state index contributed by atoms with van der Waals surface area (Å²) in [6.45, 7) is 9.47. The van der Waals surface area contributed by atoms with Gasteiger partial charge in [0, 0.05) is 36.6 Å². The third-order valence-corrected chi connectivity index (χ3v) is 5.84. The maximum Gasteiger partial charge on any atom is 0.229 e. The zero-order valence-corrected chi connectivity index (χ0v) is 19.2. The lowest BCUT2D eigenvalue weighted by Crippen LogP contribution is -2.46. The first-order valence-corrected chi connectivity index (χ1v) is 11.8.